The van der Waals surface area contributed by atoms with Gasteiger partial charge in [0, 0.05) is 36.3 Å². The first-order chi connectivity index (χ1) is 12.6. The molecular formula is C20H21ClN2O3. The predicted octanol–water partition coefficient (Wildman–Crippen LogP) is 3.76. The summed E-state index contributed by atoms with van der Waals surface area (Å²) in [4.78, 5) is 29.1. The van der Waals surface area contributed by atoms with Gasteiger partial charge in [0.15, 0.2) is 5.76 Å². The number of piperidine rings is 1. The van der Waals surface area contributed by atoms with Crippen LogP contribution in [0.1, 0.15) is 35.4 Å². The molecule has 0 aliphatic carbocycles. The van der Waals surface area contributed by atoms with E-state index in [2.05, 4.69) is 0 Å². The van der Waals surface area contributed by atoms with Gasteiger partial charge in [-0.25, -0.2) is 0 Å². The Morgan fingerprint density at radius 2 is 1.92 bits per heavy atom. The van der Waals surface area contributed by atoms with E-state index in [4.69, 9.17) is 16.0 Å². The molecule has 26 heavy (non-hydrogen) atoms. The molecule has 1 aromatic heterocycles. The summed E-state index contributed by atoms with van der Waals surface area (Å²) in [5.41, 5.74) is 2.13. The van der Waals surface area contributed by atoms with Crippen molar-refractivity contribution in [3.8, 4) is 0 Å². The molecule has 0 spiro atoms. The highest BCUT2D eigenvalue weighted by atomic mass is 35.5. The fourth-order valence-corrected chi connectivity index (χ4v) is 4.10. The molecule has 0 unspecified atom stereocenters. The van der Waals surface area contributed by atoms with Gasteiger partial charge < -0.3 is 14.2 Å². The minimum absolute atomic E-state index is 0.0442. The maximum Gasteiger partial charge on any atom is 0.289 e. The van der Waals surface area contributed by atoms with Crippen LogP contribution in [0.5, 0.6) is 0 Å². The fourth-order valence-electron chi connectivity index (χ4n) is 3.90. The Kier molecular flexibility index (Phi) is 4.72. The smallest absolute Gasteiger partial charge is 0.289 e. The summed E-state index contributed by atoms with van der Waals surface area (Å²) in [6.07, 6.45) is 4.78. The predicted molar refractivity (Wildman–Crippen MR) is 99.5 cm³/mol. The molecule has 0 atom stereocenters. The van der Waals surface area contributed by atoms with E-state index >= 15 is 0 Å². The molecule has 3 heterocycles. The Labute approximate surface area is 157 Å². The van der Waals surface area contributed by atoms with Gasteiger partial charge in [-0.1, -0.05) is 11.6 Å². The third kappa shape index (κ3) is 3.23. The van der Waals surface area contributed by atoms with E-state index in [1.807, 2.05) is 23.1 Å². The monoisotopic (exact) mass is 372 g/mol. The Bertz CT molecular complexity index is 810. The number of fused-ring (bicyclic) bond motifs is 1. The van der Waals surface area contributed by atoms with E-state index in [0.717, 1.165) is 30.6 Å². The molecule has 2 aliphatic heterocycles. The third-order valence-corrected chi connectivity index (χ3v) is 5.52. The van der Waals surface area contributed by atoms with Crippen LogP contribution >= 0.6 is 11.6 Å². The van der Waals surface area contributed by atoms with Crippen molar-refractivity contribution in [2.75, 3.05) is 24.5 Å². The highest BCUT2D eigenvalue weighted by molar-refractivity contribution is 6.30. The quantitative estimate of drug-likeness (QED) is 0.806. The molecule has 0 bridgehead atoms. The van der Waals surface area contributed by atoms with E-state index in [1.54, 1.807) is 17.0 Å². The van der Waals surface area contributed by atoms with Crippen LogP contribution in [0, 0.1) is 5.92 Å². The second-order valence-corrected chi connectivity index (χ2v) is 7.35. The lowest BCUT2D eigenvalue weighted by atomic mass is 9.93. The standard InChI is InChI=1S/C20H21ClN2O3/c21-16-5-6-17-15(13-16)3-1-9-23(17)19(24)14-7-10-22(11-8-14)20(25)18-4-2-12-26-18/h2,4-6,12-14H,1,3,7-11H2. The van der Waals surface area contributed by atoms with Gasteiger partial charge in [-0.3, -0.25) is 9.59 Å². The number of amides is 2. The van der Waals surface area contributed by atoms with Crippen molar-refractivity contribution in [1.29, 1.82) is 0 Å². The Hall–Kier alpha value is -2.27. The normalized spacial score (nSPS) is 17.9. The summed E-state index contributed by atoms with van der Waals surface area (Å²) in [7, 11) is 0. The number of hydrogen-bond donors (Lipinski definition) is 0. The number of nitrogens with zero attached hydrogens (tertiary/aromatic N) is 2. The third-order valence-electron chi connectivity index (χ3n) is 5.29. The fraction of sp³-hybridized carbons (Fsp3) is 0.400. The van der Waals surface area contributed by atoms with Crippen molar-refractivity contribution >= 4 is 29.1 Å². The van der Waals surface area contributed by atoms with Crippen molar-refractivity contribution in [2.24, 2.45) is 5.92 Å². The minimum Gasteiger partial charge on any atom is -0.459 e. The summed E-state index contributed by atoms with van der Waals surface area (Å²) in [5.74, 6) is 0.381. The van der Waals surface area contributed by atoms with Crippen LogP contribution in [0.4, 0.5) is 5.69 Å². The first kappa shape index (κ1) is 17.2. The van der Waals surface area contributed by atoms with Crippen molar-refractivity contribution in [3.05, 3.63) is 52.9 Å². The zero-order valence-electron chi connectivity index (χ0n) is 14.5. The van der Waals surface area contributed by atoms with Crippen LogP contribution in [0.2, 0.25) is 5.02 Å². The van der Waals surface area contributed by atoms with Crippen LogP contribution in [-0.2, 0) is 11.2 Å². The Morgan fingerprint density at radius 1 is 1.12 bits per heavy atom. The number of benzene rings is 1. The lowest BCUT2D eigenvalue weighted by Crippen LogP contribution is -2.45. The highest BCUT2D eigenvalue weighted by Crippen LogP contribution is 2.32. The van der Waals surface area contributed by atoms with E-state index in [0.29, 0.717) is 36.7 Å². The number of anilines is 1. The summed E-state index contributed by atoms with van der Waals surface area (Å²) < 4.78 is 5.19. The van der Waals surface area contributed by atoms with Crippen molar-refractivity contribution < 1.29 is 14.0 Å². The van der Waals surface area contributed by atoms with Gasteiger partial charge in [0.1, 0.15) is 0 Å². The molecule has 1 saturated heterocycles. The summed E-state index contributed by atoms with van der Waals surface area (Å²) in [6.45, 7) is 1.91. The largest absolute Gasteiger partial charge is 0.459 e. The first-order valence-corrected chi connectivity index (χ1v) is 9.44. The van der Waals surface area contributed by atoms with Gasteiger partial charge in [0.05, 0.1) is 6.26 Å². The Morgan fingerprint density at radius 3 is 2.65 bits per heavy atom. The van der Waals surface area contributed by atoms with Crippen LogP contribution in [0.3, 0.4) is 0 Å². The molecule has 0 radical (unpaired) electrons. The number of carbonyl (C=O) groups excluding carboxylic acids is 2. The SMILES string of the molecule is O=C(c1ccco1)N1CCC(C(=O)N2CCCc3cc(Cl)ccc32)CC1. The van der Waals surface area contributed by atoms with E-state index in [-0.39, 0.29) is 17.7 Å². The molecule has 5 nitrogen and oxygen atoms in total. The lowest BCUT2D eigenvalue weighted by molar-refractivity contribution is -0.123. The van der Waals surface area contributed by atoms with Gasteiger partial charge in [-0.05, 0) is 61.6 Å². The zero-order chi connectivity index (χ0) is 18.1. The average Bonchev–Trinajstić information content (AvgIpc) is 3.21. The zero-order valence-corrected chi connectivity index (χ0v) is 15.2. The maximum atomic E-state index is 13.1. The van der Waals surface area contributed by atoms with Gasteiger partial charge in [-0.15, -0.1) is 0 Å². The number of aryl methyl sites for hydroxylation is 1. The number of halogens is 1. The molecule has 0 N–H and O–H groups in total. The molecular weight excluding hydrogens is 352 g/mol. The molecule has 2 aromatic rings. The number of carbonyl (C=O) groups is 2. The lowest BCUT2D eigenvalue weighted by Gasteiger charge is -2.36. The molecule has 1 fully saturated rings. The van der Waals surface area contributed by atoms with Gasteiger partial charge in [0.25, 0.3) is 5.91 Å². The van der Waals surface area contributed by atoms with E-state index in [9.17, 15) is 9.59 Å². The molecule has 0 saturated carbocycles. The highest BCUT2D eigenvalue weighted by Gasteiger charge is 2.33. The van der Waals surface area contributed by atoms with Gasteiger partial charge in [-0.2, -0.15) is 0 Å². The number of furan rings is 1. The van der Waals surface area contributed by atoms with Crippen LogP contribution in [0.15, 0.2) is 41.0 Å². The van der Waals surface area contributed by atoms with Crippen molar-refractivity contribution in [2.45, 2.75) is 25.7 Å². The average molecular weight is 373 g/mol. The number of hydrogen-bond acceptors (Lipinski definition) is 3. The van der Waals surface area contributed by atoms with E-state index < -0.39 is 0 Å². The Balaban J connectivity index is 1.42. The molecule has 2 aliphatic rings. The minimum atomic E-state index is -0.0983. The summed E-state index contributed by atoms with van der Waals surface area (Å²) in [6, 6.07) is 9.14. The van der Waals surface area contributed by atoms with Crippen LogP contribution < -0.4 is 4.90 Å². The molecule has 136 valence electrons. The van der Waals surface area contributed by atoms with Gasteiger partial charge in [0.2, 0.25) is 5.91 Å². The first-order valence-electron chi connectivity index (χ1n) is 9.06. The topological polar surface area (TPSA) is 53.8 Å². The molecule has 2 amide bonds. The van der Waals surface area contributed by atoms with Crippen molar-refractivity contribution in [3.63, 3.8) is 0 Å². The van der Waals surface area contributed by atoms with Crippen LogP contribution in [0.25, 0.3) is 0 Å². The van der Waals surface area contributed by atoms with Crippen LogP contribution in [-0.4, -0.2) is 36.3 Å². The second kappa shape index (κ2) is 7.16. The second-order valence-electron chi connectivity index (χ2n) is 6.91. The van der Waals surface area contributed by atoms with Gasteiger partial charge >= 0.3 is 0 Å². The number of rotatable bonds is 2. The van der Waals surface area contributed by atoms with Crippen molar-refractivity contribution in [1.82, 2.24) is 4.90 Å². The summed E-state index contributed by atoms with van der Waals surface area (Å²) >= 11 is 6.09. The summed E-state index contributed by atoms with van der Waals surface area (Å²) in [5, 5.41) is 0.711. The number of likely N-dealkylation sites (tertiary alicyclic amines) is 1. The molecule has 1 aromatic carbocycles. The molecule has 6 heteroatoms. The molecule has 4 rings (SSSR count). The van der Waals surface area contributed by atoms with E-state index in [1.165, 1.54) is 6.26 Å². The maximum absolute atomic E-state index is 13.1.